The standard InChI is InChI=1S/C22H33N3O3/c1-3-12-23-21(26)20(17-8-4-5-9-17)24-13-15-25(16-14-24)22(27)18-10-6-7-11-19(18)28-2/h6-7,10-11,17,20H,3-5,8-9,12-16H2,1-2H3,(H,23,26)/t20-/m0/s1. The molecule has 6 heteroatoms. The van der Waals surface area contributed by atoms with Crippen LogP contribution in [-0.4, -0.2) is 67.5 Å². The fraction of sp³-hybridized carbons (Fsp3) is 0.636. The normalized spacial score (nSPS) is 19.4. The molecule has 1 aliphatic heterocycles. The van der Waals surface area contributed by atoms with Gasteiger partial charge in [0.2, 0.25) is 5.91 Å². The average molecular weight is 388 g/mol. The van der Waals surface area contributed by atoms with Crippen LogP contribution in [0.15, 0.2) is 24.3 Å². The third-order valence-electron chi connectivity index (χ3n) is 6.00. The lowest BCUT2D eigenvalue weighted by atomic mass is 9.95. The topological polar surface area (TPSA) is 61.9 Å². The maximum absolute atomic E-state index is 12.9. The van der Waals surface area contributed by atoms with Gasteiger partial charge in [-0.3, -0.25) is 14.5 Å². The van der Waals surface area contributed by atoms with Crippen LogP contribution in [0.3, 0.4) is 0 Å². The van der Waals surface area contributed by atoms with Crippen LogP contribution in [0.5, 0.6) is 5.75 Å². The van der Waals surface area contributed by atoms with E-state index in [-0.39, 0.29) is 17.9 Å². The van der Waals surface area contributed by atoms with E-state index in [4.69, 9.17) is 4.74 Å². The lowest BCUT2D eigenvalue weighted by molar-refractivity contribution is -0.129. The number of para-hydroxylation sites is 1. The first-order valence-electron chi connectivity index (χ1n) is 10.6. The predicted octanol–water partition coefficient (Wildman–Crippen LogP) is 2.54. The molecule has 1 heterocycles. The van der Waals surface area contributed by atoms with Crippen molar-refractivity contribution in [1.29, 1.82) is 0 Å². The number of carbonyl (C=O) groups excluding carboxylic acids is 2. The second kappa shape index (κ2) is 9.92. The van der Waals surface area contributed by atoms with Gasteiger partial charge in [-0.1, -0.05) is 31.9 Å². The number of hydrogen-bond acceptors (Lipinski definition) is 4. The van der Waals surface area contributed by atoms with Crippen LogP contribution in [0.4, 0.5) is 0 Å². The van der Waals surface area contributed by atoms with Gasteiger partial charge in [0.15, 0.2) is 0 Å². The summed E-state index contributed by atoms with van der Waals surface area (Å²) >= 11 is 0. The number of hydrogen-bond donors (Lipinski definition) is 1. The monoisotopic (exact) mass is 387 g/mol. The number of methoxy groups -OCH3 is 1. The van der Waals surface area contributed by atoms with Gasteiger partial charge >= 0.3 is 0 Å². The lowest BCUT2D eigenvalue weighted by Crippen LogP contribution is -2.58. The van der Waals surface area contributed by atoms with Crippen molar-refractivity contribution in [3.63, 3.8) is 0 Å². The molecule has 1 aromatic carbocycles. The van der Waals surface area contributed by atoms with Gasteiger partial charge < -0.3 is 15.0 Å². The summed E-state index contributed by atoms with van der Waals surface area (Å²) in [5.41, 5.74) is 0.603. The zero-order chi connectivity index (χ0) is 19.9. The van der Waals surface area contributed by atoms with Crippen molar-refractivity contribution < 1.29 is 14.3 Å². The van der Waals surface area contributed by atoms with E-state index in [0.717, 1.165) is 38.9 Å². The van der Waals surface area contributed by atoms with Crippen molar-refractivity contribution in [3.8, 4) is 5.75 Å². The Kier molecular flexibility index (Phi) is 7.31. The Hall–Kier alpha value is -2.08. The predicted molar refractivity (Wildman–Crippen MR) is 110 cm³/mol. The van der Waals surface area contributed by atoms with Gasteiger partial charge in [-0.05, 0) is 37.3 Å². The van der Waals surface area contributed by atoms with Gasteiger partial charge in [0.05, 0.1) is 18.7 Å². The summed E-state index contributed by atoms with van der Waals surface area (Å²) in [5.74, 6) is 1.22. The number of amides is 2. The largest absolute Gasteiger partial charge is 0.496 e. The third-order valence-corrected chi connectivity index (χ3v) is 6.00. The summed E-state index contributed by atoms with van der Waals surface area (Å²) in [6.07, 6.45) is 5.64. The van der Waals surface area contributed by atoms with Gasteiger partial charge in [0.25, 0.3) is 5.91 Å². The van der Waals surface area contributed by atoms with Crippen LogP contribution < -0.4 is 10.1 Å². The summed E-state index contributed by atoms with van der Waals surface area (Å²) < 4.78 is 5.34. The van der Waals surface area contributed by atoms with Crippen LogP contribution in [-0.2, 0) is 4.79 Å². The van der Waals surface area contributed by atoms with Crippen LogP contribution in [0.25, 0.3) is 0 Å². The van der Waals surface area contributed by atoms with E-state index < -0.39 is 0 Å². The summed E-state index contributed by atoms with van der Waals surface area (Å²) in [4.78, 5) is 30.0. The molecular weight excluding hydrogens is 354 g/mol. The first-order valence-corrected chi connectivity index (χ1v) is 10.6. The second-order valence-corrected chi connectivity index (χ2v) is 7.81. The molecule has 0 radical (unpaired) electrons. The number of benzene rings is 1. The summed E-state index contributed by atoms with van der Waals surface area (Å²) in [6.45, 7) is 5.56. The van der Waals surface area contributed by atoms with E-state index in [1.165, 1.54) is 12.8 Å². The fourth-order valence-electron chi connectivity index (χ4n) is 4.50. The van der Waals surface area contributed by atoms with Crippen LogP contribution in [0.2, 0.25) is 0 Å². The SMILES string of the molecule is CCCNC(=O)[C@H](C1CCCC1)N1CCN(C(=O)c2ccccc2OC)CC1. The molecule has 0 bridgehead atoms. The summed E-state index contributed by atoms with van der Waals surface area (Å²) in [7, 11) is 1.59. The Labute approximate surface area is 168 Å². The van der Waals surface area contributed by atoms with Gasteiger partial charge in [-0.2, -0.15) is 0 Å². The number of carbonyl (C=O) groups is 2. The van der Waals surface area contributed by atoms with Gasteiger partial charge in [0, 0.05) is 32.7 Å². The minimum Gasteiger partial charge on any atom is -0.496 e. The molecule has 1 atom stereocenters. The number of ether oxygens (including phenoxy) is 1. The molecule has 1 aromatic rings. The molecule has 154 valence electrons. The summed E-state index contributed by atoms with van der Waals surface area (Å²) in [6, 6.07) is 7.30. The number of rotatable bonds is 7. The smallest absolute Gasteiger partial charge is 0.257 e. The van der Waals surface area contributed by atoms with Crippen molar-refractivity contribution in [2.75, 3.05) is 39.8 Å². The van der Waals surface area contributed by atoms with Crippen LogP contribution >= 0.6 is 0 Å². The third kappa shape index (κ3) is 4.66. The molecule has 1 N–H and O–H groups in total. The van der Waals surface area contributed by atoms with E-state index in [0.29, 0.717) is 30.3 Å². The molecule has 0 spiro atoms. The van der Waals surface area contributed by atoms with E-state index in [2.05, 4.69) is 17.1 Å². The molecule has 2 aliphatic rings. The van der Waals surface area contributed by atoms with Gasteiger partial charge in [-0.15, -0.1) is 0 Å². The maximum atomic E-state index is 12.9. The van der Waals surface area contributed by atoms with E-state index in [1.54, 1.807) is 7.11 Å². The zero-order valence-electron chi connectivity index (χ0n) is 17.2. The van der Waals surface area contributed by atoms with E-state index in [9.17, 15) is 9.59 Å². The minimum atomic E-state index is -0.0578. The van der Waals surface area contributed by atoms with Crippen molar-refractivity contribution >= 4 is 11.8 Å². The van der Waals surface area contributed by atoms with Crippen molar-refractivity contribution in [1.82, 2.24) is 15.1 Å². The van der Waals surface area contributed by atoms with Crippen molar-refractivity contribution in [3.05, 3.63) is 29.8 Å². The molecule has 1 saturated heterocycles. The Morgan fingerprint density at radius 1 is 1.14 bits per heavy atom. The first-order chi connectivity index (χ1) is 13.7. The maximum Gasteiger partial charge on any atom is 0.257 e. The molecule has 2 amide bonds. The molecule has 1 aliphatic carbocycles. The molecule has 28 heavy (non-hydrogen) atoms. The van der Waals surface area contributed by atoms with Crippen LogP contribution in [0, 0.1) is 5.92 Å². The molecular formula is C22H33N3O3. The Morgan fingerprint density at radius 2 is 1.82 bits per heavy atom. The second-order valence-electron chi connectivity index (χ2n) is 7.81. The fourth-order valence-corrected chi connectivity index (χ4v) is 4.50. The molecule has 0 unspecified atom stereocenters. The van der Waals surface area contributed by atoms with Gasteiger partial charge in [-0.25, -0.2) is 0 Å². The Balaban J connectivity index is 1.64. The Morgan fingerprint density at radius 3 is 2.46 bits per heavy atom. The molecule has 1 saturated carbocycles. The number of nitrogens with one attached hydrogen (secondary N) is 1. The van der Waals surface area contributed by atoms with E-state index in [1.807, 2.05) is 29.2 Å². The molecule has 2 fully saturated rings. The molecule has 3 rings (SSSR count). The average Bonchev–Trinajstić information content (AvgIpc) is 3.26. The lowest BCUT2D eigenvalue weighted by Gasteiger charge is -2.40. The minimum absolute atomic E-state index is 0.00458. The highest BCUT2D eigenvalue weighted by Gasteiger charge is 2.37. The molecule has 0 aromatic heterocycles. The highest BCUT2D eigenvalue weighted by atomic mass is 16.5. The summed E-state index contributed by atoms with van der Waals surface area (Å²) in [5, 5.41) is 3.10. The van der Waals surface area contributed by atoms with Crippen molar-refractivity contribution in [2.45, 2.75) is 45.1 Å². The number of nitrogens with zero attached hydrogens (tertiary/aromatic N) is 2. The highest BCUT2D eigenvalue weighted by molar-refractivity contribution is 5.97. The van der Waals surface area contributed by atoms with E-state index >= 15 is 0 Å². The van der Waals surface area contributed by atoms with Crippen molar-refractivity contribution in [2.24, 2.45) is 5.92 Å². The first kappa shape index (κ1) is 20.6. The molecule has 6 nitrogen and oxygen atoms in total. The van der Waals surface area contributed by atoms with Gasteiger partial charge in [0.1, 0.15) is 5.75 Å². The highest BCUT2D eigenvalue weighted by Crippen LogP contribution is 2.31. The Bertz CT molecular complexity index is 665. The zero-order valence-corrected chi connectivity index (χ0v) is 17.2. The number of piperazine rings is 1. The van der Waals surface area contributed by atoms with Crippen LogP contribution in [0.1, 0.15) is 49.4 Å². The quantitative estimate of drug-likeness (QED) is 0.781.